The normalized spacial score (nSPS) is 24.7. The molecule has 0 amide bonds. The van der Waals surface area contributed by atoms with E-state index in [0.717, 1.165) is 25.2 Å². The Labute approximate surface area is 136 Å². The van der Waals surface area contributed by atoms with Crippen molar-refractivity contribution in [3.05, 3.63) is 53.6 Å². The average molecular weight is 314 g/mol. The summed E-state index contributed by atoms with van der Waals surface area (Å²) in [5.74, 6) is -0.195. The first-order valence-corrected chi connectivity index (χ1v) is 8.49. The zero-order valence-corrected chi connectivity index (χ0v) is 13.3. The molecule has 2 aliphatic rings. The van der Waals surface area contributed by atoms with E-state index < -0.39 is 0 Å². The number of hydrogen-bond donors (Lipinski definition) is 1. The lowest BCUT2D eigenvalue weighted by molar-refractivity contribution is 0.119. The topological polar surface area (TPSA) is 33.1 Å². The minimum atomic E-state index is -0.195. The Morgan fingerprint density at radius 3 is 2.52 bits per heavy atom. The van der Waals surface area contributed by atoms with Crippen LogP contribution >= 0.6 is 0 Å². The van der Waals surface area contributed by atoms with Crippen molar-refractivity contribution in [2.45, 2.75) is 44.4 Å². The molecule has 2 aromatic rings. The van der Waals surface area contributed by atoms with Gasteiger partial charge in [0.1, 0.15) is 5.82 Å². The van der Waals surface area contributed by atoms with Gasteiger partial charge in [0.2, 0.25) is 0 Å². The minimum absolute atomic E-state index is 0.195. The number of fused-ring (bicyclic) bond motifs is 2. The molecule has 3 heterocycles. The van der Waals surface area contributed by atoms with Crippen LogP contribution in [0.3, 0.4) is 0 Å². The maximum atomic E-state index is 13.0. The van der Waals surface area contributed by atoms with Gasteiger partial charge in [0.15, 0.2) is 0 Å². The van der Waals surface area contributed by atoms with E-state index in [2.05, 4.69) is 21.5 Å². The molecule has 2 atom stereocenters. The van der Waals surface area contributed by atoms with Crippen LogP contribution in [-0.2, 0) is 13.1 Å². The predicted molar refractivity (Wildman–Crippen MR) is 87.6 cm³/mol. The molecule has 2 unspecified atom stereocenters. The van der Waals surface area contributed by atoms with Crippen LogP contribution in [0.2, 0.25) is 0 Å². The Bertz CT molecular complexity index is 639. The summed E-state index contributed by atoms with van der Waals surface area (Å²) >= 11 is 0. The molecule has 5 heteroatoms. The molecule has 1 aromatic carbocycles. The molecular weight excluding hydrogens is 291 g/mol. The van der Waals surface area contributed by atoms with Crippen LogP contribution in [0.15, 0.2) is 36.7 Å². The molecule has 1 aromatic heterocycles. The second-order valence-electron chi connectivity index (χ2n) is 6.86. The van der Waals surface area contributed by atoms with Crippen LogP contribution in [0.1, 0.15) is 30.4 Å². The second kappa shape index (κ2) is 6.42. The van der Waals surface area contributed by atoms with Gasteiger partial charge in [-0.1, -0.05) is 18.6 Å². The Morgan fingerprint density at radius 1 is 1.04 bits per heavy atom. The number of halogens is 1. The highest BCUT2D eigenvalue weighted by Gasteiger charge is 2.29. The van der Waals surface area contributed by atoms with Crippen molar-refractivity contribution in [1.82, 2.24) is 20.0 Å². The van der Waals surface area contributed by atoms with Gasteiger partial charge in [0.05, 0.1) is 12.7 Å². The van der Waals surface area contributed by atoms with E-state index in [-0.39, 0.29) is 5.82 Å². The van der Waals surface area contributed by atoms with Gasteiger partial charge >= 0.3 is 0 Å². The lowest BCUT2D eigenvalue weighted by Crippen LogP contribution is -2.58. The van der Waals surface area contributed by atoms with Crippen molar-refractivity contribution in [2.24, 2.45) is 0 Å². The Morgan fingerprint density at radius 2 is 1.78 bits per heavy atom. The first-order chi connectivity index (χ1) is 11.2. The third-order valence-electron chi connectivity index (χ3n) is 4.88. The zero-order chi connectivity index (χ0) is 15.6. The van der Waals surface area contributed by atoms with E-state index in [1.54, 1.807) is 0 Å². The third-order valence-corrected chi connectivity index (χ3v) is 4.88. The van der Waals surface area contributed by atoms with Crippen LogP contribution in [0.5, 0.6) is 0 Å². The number of benzene rings is 1. The number of piperazine rings is 1. The van der Waals surface area contributed by atoms with Crippen molar-refractivity contribution in [2.75, 3.05) is 13.1 Å². The minimum Gasteiger partial charge on any atom is -0.309 e. The fourth-order valence-corrected chi connectivity index (χ4v) is 3.84. The Kier molecular flexibility index (Phi) is 4.14. The molecule has 2 fully saturated rings. The molecule has 4 nitrogen and oxygen atoms in total. The van der Waals surface area contributed by atoms with Crippen molar-refractivity contribution < 1.29 is 4.39 Å². The van der Waals surface area contributed by atoms with Gasteiger partial charge in [-0.15, -0.1) is 0 Å². The SMILES string of the molecule is Fc1ccc(Cn2cc(CN3CC4CCCC(C3)N4)cn2)cc1. The highest BCUT2D eigenvalue weighted by molar-refractivity contribution is 5.17. The lowest BCUT2D eigenvalue weighted by atomic mass is 9.94. The van der Waals surface area contributed by atoms with Gasteiger partial charge in [0, 0.05) is 43.5 Å². The highest BCUT2D eigenvalue weighted by atomic mass is 19.1. The standard InChI is InChI=1S/C18H23FN4/c19-16-6-4-14(5-7-16)10-23-11-15(8-20-23)9-22-12-17-2-1-3-18(13-22)21-17/h4-8,11,17-18,21H,1-3,9-10,12-13H2. The van der Waals surface area contributed by atoms with E-state index in [4.69, 9.17) is 0 Å². The van der Waals surface area contributed by atoms with Gasteiger partial charge in [-0.3, -0.25) is 9.58 Å². The molecule has 2 aliphatic heterocycles. The Balaban J connectivity index is 1.37. The fraction of sp³-hybridized carbons (Fsp3) is 0.500. The molecule has 0 aliphatic carbocycles. The number of aromatic nitrogens is 2. The molecule has 23 heavy (non-hydrogen) atoms. The van der Waals surface area contributed by atoms with E-state index in [9.17, 15) is 4.39 Å². The summed E-state index contributed by atoms with van der Waals surface area (Å²) < 4.78 is 14.9. The van der Waals surface area contributed by atoms with E-state index in [1.807, 2.05) is 23.0 Å². The molecule has 0 spiro atoms. The second-order valence-corrected chi connectivity index (χ2v) is 6.86. The average Bonchev–Trinajstić information content (AvgIpc) is 2.96. The van der Waals surface area contributed by atoms with E-state index in [0.29, 0.717) is 18.6 Å². The molecular formula is C18H23FN4. The molecule has 0 radical (unpaired) electrons. The van der Waals surface area contributed by atoms with E-state index in [1.165, 1.54) is 37.0 Å². The fourth-order valence-electron chi connectivity index (χ4n) is 3.84. The first kappa shape index (κ1) is 14.8. The molecule has 122 valence electrons. The van der Waals surface area contributed by atoms with Crippen LogP contribution in [-0.4, -0.2) is 39.9 Å². The summed E-state index contributed by atoms with van der Waals surface area (Å²) in [4.78, 5) is 2.55. The molecule has 4 rings (SSSR count). The molecule has 1 N–H and O–H groups in total. The predicted octanol–water partition coefficient (Wildman–Crippen LogP) is 2.40. The largest absolute Gasteiger partial charge is 0.309 e. The van der Waals surface area contributed by atoms with Crippen molar-refractivity contribution in [3.8, 4) is 0 Å². The maximum absolute atomic E-state index is 13.0. The molecule has 0 saturated carbocycles. The summed E-state index contributed by atoms with van der Waals surface area (Å²) in [6.07, 6.45) is 8.04. The maximum Gasteiger partial charge on any atom is 0.123 e. The Hall–Kier alpha value is -1.72. The molecule has 2 saturated heterocycles. The number of hydrogen-bond acceptors (Lipinski definition) is 3. The van der Waals surface area contributed by atoms with Gasteiger partial charge in [0.25, 0.3) is 0 Å². The number of nitrogens with one attached hydrogen (secondary N) is 1. The van der Waals surface area contributed by atoms with Crippen LogP contribution in [0.4, 0.5) is 4.39 Å². The van der Waals surface area contributed by atoms with Crippen LogP contribution in [0.25, 0.3) is 0 Å². The first-order valence-electron chi connectivity index (χ1n) is 8.49. The summed E-state index contributed by atoms with van der Waals surface area (Å²) in [5.41, 5.74) is 2.32. The van der Waals surface area contributed by atoms with Crippen molar-refractivity contribution >= 4 is 0 Å². The zero-order valence-electron chi connectivity index (χ0n) is 13.3. The smallest absolute Gasteiger partial charge is 0.123 e. The lowest BCUT2D eigenvalue weighted by Gasteiger charge is -2.42. The van der Waals surface area contributed by atoms with Gasteiger partial charge in [-0.05, 0) is 30.5 Å². The van der Waals surface area contributed by atoms with Crippen LogP contribution in [0, 0.1) is 5.82 Å². The van der Waals surface area contributed by atoms with Crippen molar-refractivity contribution in [1.29, 1.82) is 0 Å². The number of likely N-dealkylation sites (tertiary alicyclic amines) is 1. The van der Waals surface area contributed by atoms with Crippen molar-refractivity contribution in [3.63, 3.8) is 0 Å². The summed E-state index contributed by atoms with van der Waals surface area (Å²) in [5, 5.41) is 8.17. The number of piperidine rings is 1. The monoisotopic (exact) mass is 314 g/mol. The van der Waals surface area contributed by atoms with Gasteiger partial charge < -0.3 is 5.32 Å². The summed E-state index contributed by atoms with van der Waals surface area (Å²) in [6.45, 7) is 3.93. The third kappa shape index (κ3) is 3.62. The number of rotatable bonds is 4. The summed E-state index contributed by atoms with van der Waals surface area (Å²) in [7, 11) is 0. The number of nitrogens with zero attached hydrogens (tertiary/aromatic N) is 3. The molecule has 2 bridgehead atoms. The van der Waals surface area contributed by atoms with E-state index >= 15 is 0 Å². The highest BCUT2D eigenvalue weighted by Crippen LogP contribution is 2.21. The van der Waals surface area contributed by atoms with Gasteiger partial charge in [-0.2, -0.15) is 5.10 Å². The summed E-state index contributed by atoms with van der Waals surface area (Å²) in [6, 6.07) is 7.95. The van der Waals surface area contributed by atoms with Crippen LogP contribution < -0.4 is 5.32 Å². The van der Waals surface area contributed by atoms with Gasteiger partial charge in [-0.25, -0.2) is 4.39 Å². The quantitative estimate of drug-likeness (QED) is 0.941.